The average Bonchev–Trinajstić information content (AvgIpc) is 2.04. The second-order valence-electron chi connectivity index (χ2n) is 2.75. The minimum absolute atomic E-state index is 0.177. The average molecular weight is 282 g/mol. The fraction of sp³-hybridized carbons (Fsp3) is 0.875. The highest BCUT2D eigenvalue weighted by atomic mass is 35.5. The monoisotopic (exact) mass is 280 g/mol. The molecule has 0 unspecified atom stereocenters. The van der Waals surface area contributed by atoms with Crippen molar-refractivity contribution in [2.24, 2.45) is 0 Å². The zero-order valence-electron chi connectivity index (χ0n) is 7.95. The maximum atomic E-state index is 11.3. The molecule has 0 spiro atoms. The smallest absolute Gasteiger partial charge is 0.345 e. The van der Waals surface area contributed by atoms with Crippen molar-refractivity contribution in [1.29, 1.82) is 0 Å². The molecule has 0 saturated carbocycles. The van der Waals surface area contributed by atoms with E-state index in [0.717, 1.165) is 0 Å². The third-order valence-electron chi connectivity index (χ3n) is 1.56. The standard InChI is InChI=1S/C8H12Cl4O2/c1-3-5-7(9,10)8(11,12)6(13)14-4-2/h3-5H2,1-2H3. The predicted octanol–water partition coefficient (Wildman–Crippen LogP) is 3.70. The van der Waals surface area contributed by atoms with E-state index in [2.05, 4.69) is 4.74 Å². The van der Waals surface area contributed by atoms with Crippen LogP contribution in [-0.4, -0.2) is 21.2 Å². The van der Waals surface area contributed by atoms with Crippen LogP contribution < -0.4 is 0 Å². The van der Waals surface area contributed by atoms with Gasteiger partial charge in [-0.15, -0.1) is 0 Å². The minimum atomic E-state index is -1.93. The number of esters is 1. The highest BCUT2D eigenvalue weighted by Gasteiger charge is 2.53. The molecule has 0 aliphatic heterocycles. The summed E-state index contributed by atoms with van der Waals surface area (Å²) in [7, 11) is 0. The molecule has 2 nitrogen and oxygen atoms in total. The van der Waals surface area contributed by atoms with Crippen molar-refractivity contribution in [2.75, 3.05) is 6.61 Å². The molecule has 0 aromatic rings. The van der Waals surface area contributed by atoms with Crippen molar-refractivity contribution < 1.29 is 9.53 Å². The molecular formula is C8H12Cl4O2. The van der Waals surface area contributed by atoms with E-state index in [-0.39, 0.29) is 6.61 Å². The molecule has 0 saturated heterocycles. The van der Waals surface area contributed by atoms with E-state index in [1.807, 2.05) is 6.92 Å². The lowest BCUT2D eigenvalue weighted by atomic mass is 10.2. The first-order chi connectivity index (χ1) is 6.29. The van der Waals surface area contributed by atoms with Gasteiger partial charge in [0.15, 0.2) is 4.33 Å². The summed E-state index contributed by atoms with van der Waals surface area (Å²) in [5, 5.41) is 0. The topological polar surface area (TPSA) is 26.3 Å². The van der Waals surface area contributed by atoms with Gasteiger partial charge in [-0.1, -0.05) is 59.7 Å². The summed E-state index contributed by atoms with van der Waals surface area (Å²) in [4.78, 5) is 11.3. The van der Waals surface area contributed by atoms with Gasteiger partial charge in [0.2, 0.25) is 4.33 Å². The van der Waals surface area contributed by atoms with Crippen LogP contribution in [0.4, 0.5) is 0 Å². The van der Waals surface area contributed by atoms with Crippen LogP contribution in [0.1, 0.15) is 26.7 Å². The van der Waals surface area contributed by atoms with Gasteiger partial charge in [0.05, 0.1) is 6.61 Å². The Balaban J connectivity index is 4.65. The Bertz CT molecular complexity index is 204. The normalized spacial score (nSPS) is 12.7. The molecule has 0 fully saturated rings. The Labute approximate surface area is 104 Å². The van der Waals surface area contributed by atoms with Gasteiger partial charge in [-0.3, -0.25) is 0 Å². The van der Waals surface area contributed by atoms with Crippen molar-refractivity contribution in [2.45, 2.75) is 35.4 Å². The summed E-state index contributed by atoms with van der Waals surface area (Å²) >= 11 is 23.2. The molecule has 0 radical (unpaired) electrons. The van der Waals surface area contributed by atoms with Crippen LogP contribution >= 0.6 is 46.4 Å². The molecule has 84 valence electrons. The van der Waals surface area contributed by atoms with E-state index >= 15 is 0 Å². The van der Waals surface area contributed by atoms with Crippen molar-refractivity contribution in [3.8, 4) is 0 Å². The number of carbonyl (C=O) groups excluding carboxylic acids is 1. The van der Waals surface area contributed by atoms with Gasteiger partial charge in [0.25, 0.3) is 0 Å². The molecule has 0 rings (SSSR count). The van der Waals surface area contributed by atoms with Crippen LogP contribution in [0.3, 0.4) is 0 Å². The molecular weight excluding hydrogens is 270 g/mol. The number of carbonyl (C=O) groups is 1. The Morgan fingerprint density at radius 2 is 1.71 bits per heavy atom. The lowest BCUT2D eigenvalue weighted by Gasteiger charge is -2.30. The van der Waals surface area contributed by atoms with Crippen LogP contribution in [-0.2, 0) is 9.53 Å². The molecule has 0 aliphatic carbocycles. The molecule has 6 heteroatoms. The Morgan fingerprint density at radius 1 is 1.21 bits per heavy atom. The van der Waals surface area contributed by atoms with Crippen molar-refractivity contribution in [1.82, 2.24) is 0 Å². The number of rotatable bonds is 5. The minimum Gasteiger partial charge on any atom is -0.464 e. The van der Waals surface area contributed by atoms with E-state index in [1.54, 1.807) is 6.92 Å². The molecule has 0 heterocycles. The van der Waals surface area contributed by atoms with Crippen molar-refractivity contribution >= 4 is 52.4 Å². The number of hydrogen-bond acceptors (Lipinski definition) is 2. The van der Waals surface area contributed by atoms with Gasteiger partial charge in [0, 0.05) is 0 Å². The van der Waals surface area contributed by atoms with Gasteiger partial charge in [-0.05, 0) is 13.3 Å². The molecule has 0 aliphatic rings. The van der Waals surface area contributed by atoms with Crippen LogP contribution in [0.5, 0.6) is 0 Å². The summed E-state index contributed by atoms with van der Waals surface area (Å²) in [6, 6.07) is 0. The highest BCUT2D eigenvalue weighted by molar-refractivity contribution is 6.68. The van der Waals surface area contributed by atoms with E-state index in [0.29, 0.717) is 12.8 Å². The number of alkyl halides is 4. The lowest BCUT2D eigenvalue weighted by molar-refractivity contribution is -0.144. The van der Waals surface area contributed by atoms with Crippen molar-refractivity contribution in [3.63, 3.8) is 0 Å². The summed E-state index contributed by atoms with van der Waals surface area (Å²) in [5.74, 6) is -0.818. The molecule has 0 aromatic carbocycles. The lowest BCUT2D eigenvalue weighted by Crippen LogP contribution is -2.44. The molecule has 0 bridgehead atoms. The summed E-state index contributed by atoms with van der Waals surface area (Å²) in [5.41, 5.74) is 0. The number of halogens is 4. The van der Waals surface area contributed by atoms with Crippen LogP contribution in [0.2, 0.25) is 0 Å². The maximum absolute atomic E-state index is 11.3. The predicted molar refractivity (Wildman–Crippen MR) is 60.4 cm³/mol. The van der Waals surface area contributed by atoms with Gasteiger partial charge in [-0.2, -0.15) is 0 Å². The van der Waals surface area contributed by atoms with Crippen LogP contribution in [0.15, 0.2) is 0 Å². The van der Waals surface area contributed by atoms with E-state index in [4.69, 9.17) is 46.4 Å². The van der Waals surface area contributed by atoms with E-state index in [1.165, 1.54) is 0 Å². The Kier molecular flexibility index (Phi) is 5.90. The SMILES string of the molecule is CCCC(Cl)(Cl)C(Cl)(Cl)C(=O)OCC. The largest absolute Gasteiger partial charge is 0.464 e. The number of ether oxygens (including phenoxy) is 1. The first-order valence-electron chi connectivity index (χ1n) is 4.22. The maximum Gasteiger partial charge on any atom is 0.345 e. The molecule has 0 amide bonds. The van der Waals surface area contributed by atoms with Crippen LogP contribution in [0.25, 0.3) is 0 Å². The molecule has 0 aromatic heterocycles. The Morgan fingerprint density at radius 3 is 2.07 bits per heavy atom. The van der Waals surface area contributed by atoms with Gasteiger partial charge in [0.1, 0.15) is 0 Å². The number of hydrogen-bond donors (Lipinski definition) is 0. The van der Waals surface area contributed by atoms with Gasteiger partial charge in [-0.25, -0.2) is 4.79 Å². The molecule has 14 heavy (non-hydrogen) atoms. The summed E-state index contributed by atoms with van der Waals surface area (Å²) in [6.07, 6.45) is 0.968. The zero-order valence-corrected chi connectivity index (χ0v) is 11.0. The first-order valence-corrected chi connectivity index (χ1v) is 5.73. The highest BCUT2D eigenvalue weighted by Crippen LogP contribution is 2.46. The Hall–Kier alpha value is 0.630. The van der Waals surface area contributed by atoms with E-state index < -0.39 is 14.6 Å². The second-order valence-corrected chi connectivity index (χ2v) is 5.56. The van der Waals surface area contributed by atoms with E-state index in [9.17, 15) is 4.79 Å². The first kappa shape index (κ1) is 14.6. The van der Waals surface area contributed by atoms with Gasteiger partial charge >= 0.3 is 5.97 Å². The third-order valence-corrected chi connectivity index (χ3v) is 3.84. The fourth-order valence-corrected chi connectivity index (χ4v) is 1.67. The molecule has 0 N–H and O–H groups in total. The third kappa shape index (κ3) is 3.34. The van der Waals surface area contributed by atoms with Crippen LogP contribution in [0, 0.1) is 0 Å². The van der Waals surface area contributed by atoms with Gasteiger partial charge < -0.3 is 4.74 Å². The zero-order chi connectivity index (χ0) is 11.4. The summed E-state index contributed by atoms with van der Waals surface area (Å²) < 4.78 is 1.21. The fourth-order valence-electron chi connectivity index (χ4n) is 0.842. The molecule has 0 atom stereocenters. The quantitative estimate of drug-likeness (QED) is 0.567. The second kappa shape index (κ2) is 5.64. The summed E-state index contributed by atoms with van der Waals surface area (Å²) in [6.45, 7) is 3.68. The van der Waals surface area contributed by atoms with Crippen molar-refractivity contribution in [3.05, 3.63) is 0 Å².